The van der Waals surface area contributed by atoms with Crippen molar-refractivity contribution in [2.24, 2.45) is 0 Å². The van der Waals surface area contributed by atoms with E-state index in [0.717, 1.165) is 34.8 Å². The first-order valence-corrected chi connectivity index (χ1v) is 9.30. The monoisotopic (exact) mass is 395 g/mol. The van der Waals surface area contributed by atoms with Crippen LogP contribution in [0.25, 0.3) is 5.69 Å². The average molecular weight is 396 g/mol. The van der Waals surface area contributed by atoms with Crippen LogP contribution in [0.2, 0.25) is 0 Å². The number of hydrogen-bond donors (Lipinski definition) is 1. The van der Waals surface area contributed by atoms with E-state index in [1.165, 1.54) is 11.8 Å². The van der Waals surface area contributed by atoms with Crippen molar-refractivity contribution in [1.82, 2.24) is 14.9 Å². The molecule has 1 aliphatic heterocycles. The molecule has 1 aliphatic rings. The molecule has 1 aromatic carbocycles. The van der Waals surface area contributed by atoms with Crippen molar-refractivity contribution in [3.05, 3.63) is 41.1 Å². The second-order valence-corrected chi connectivity index (χ2v) is 7.14. The Bertz CT molecular complexity index is 654. The van der Waals surface area contributed by atoms with Crippen molar-refractivity contribution in [3.8, 4) is 5.69 Å². The molecule has 2 aromatic rings. The number of nitrogens with one attached hydrogen (secondary N) is 1. The SMILES string of the molecule is O=C(CSc1nccn1-c1ccc(Br)cc1)NCC1CCCO1. The van der Waals surface area contributed by atoms with E-state index in [4.69, 9.17) is 4.74 Å². The van der Waals surface area contributed by atoms with Gasteiger partial charge in [0.2, 0.25) is 5.91 Å². The Labute approximate surface area is 147 Å². The lowest BCUT2D eigenvalue weighted by Gasteiger charge is -2.11. The van der Waals surface area contributed by atoms with E-state index in [9.17, 15) is 4.79 Å². The van der Waals surface area contributed by atoms with Crippen molar-refractivity contribution >= 4 is 33.6 Å². The Morgan fingerprint density at radius 1 is 1.43 bits per heavy atom. The van der Waals surface area contributed by atoms with Gasteiger partial charge in [0.1, 0.15) is 0 Å². The molecule has 122 valence electrons. The summed E-state index contributed by atoms with van der Waals surface area (Å²) in [5.74, 6) is 0.358. The molecule has 3 rings (SSSR count). The number of ether oxygens (including phenoxy) is 1. The highest BCUT2D eigenvalue weighted by molar-refractivity contribution is 9.10. The van der Waals surface area contributed by atoms with Crippen molar-refractivity contribution < 1.29 is 9.53 Å². The lowest BCUT2D eigenvalue weighted by atomic mass is 10.2. The van der Waals surface area contributed by atoms with E-state index in [0.29, 0.717) is 12.3 Å². The highest BCUT2D eigenvalue weighted by Crippen LogP contribution is 2.21. The van der Waals surface area contributed by atoms with Crippen molar-refractivity contribution in [2.75, 3.05) is 18.9 Å². The summed E-state index contributed by atoms with van der Waals surface area (Å²) < 4.78 is 8.51. The third kappa shape index (κ3) is 4.59. The predicted octanol–water partition coefficient (Wildman–Crippen LogP) is 3.02. The topological polar surface area (TPSA) is 56.2 Å². The van der Waals surface area contributed by atoms with Crippen molar-refractivity contribution in [2.45, 2.75) is 24.1 Å². The highest BCUT2D eigenvalue weighted by atomic mass is 79.9. The van der Waals surface area contributed by atoms with E-state index < -0.39 is 0 Å². The van der Waals surface area contributed by atoms with Crippen LogP contribution in [0.3, 0.4) is 0 Å². The Balaban J connectivity index is 1.53. The molecule has 1 amide bonds. The molecule has 5 nitrogen and oxygen atoms in total. The molecule has 7 heteroatoms. The number of carbonyl (C=O) groups is 1. The van der Waals surface area contributed by atoms with E-state index in [1.807, 2.05) is 35.0 Å². The van der Waals surface area contributed by atoms with Crippen LogP contribution in [0.5, 0.6) is 0 Å². The second-order valence-electron chi connectivity index (χ2n) is 5.28. The van der Waals surface area contributed by atoms with Crippen LogP contribution in [-0.2, 0) is 9.53 Å². The van der Waals surface area contributed by atoms with E-state index >= 15 is 0 Å². The molecule has 2 heterocycles. The molecule has 1 unspecified atom stereocenters. The van der Waals surface area contributed by atoms with Gasteiger partial charge >= 0.3 is 0 Å². The minimum atomic E-state index is 0.0101. The number of benzene rings is 1. The van der Waals surface area contributed by atoms with Gasteiger partial charge in [0.25, 0.3) is 0 Å². The fourth-order valence-corrected chi connectivity index (χ4v) is 3.48. The fourth-order valence-electron chi connectivity index (χ4n) is 2.41. The van der Waals surface area contributed by atoms with Gasteiger partial charge in [-0.15, -0.1) is 0 Å². The minimum Gasteiger partial charge on any atom is -0.376 e. The maximum Gasteiger partial charge on any atom is 0.230 e. The van der Waals surface area contributed by atoms with Gasteiger partial charge in [0, 0.05) is 35.7 Å². The van der Waals surface area contributed by atoms with Crippen molar-refractivity contribution in [1.29, 1.82) is 0 Å². The average Bonchev–Trinajstić information content (AvgIpc) is 3.23. The zero-order valence-electron chi connectivity index (χ0n) is 12.6. The smallest absolute Gasteiger partial charge is 0.230 e. The number of nitrogens with zero attached hydrogens (tertiary/aromatic N) is 2. The molecule has 1 aromatic heterocycles. The standard InChI is InChI=1S/C16H18BrN3O2S/c17-12-3-5-13(6-4-12)20-8-7-18-16(20)23-11-15(21)19-10-14-2-1-9-22-14/h3-8,14H,1-2,9-11H2,(H,19,21). The molecule has 0 saturated carbocycles. The van der Waals surface area contributed by atoms with E-state index in [2.05, 4.69) is 26.2 Å². The lowest BCUT2D eigenvalue weighted by Crippen LogP contribution is -2.32. The quantitative estimate of drug-likeness (QED) is 0.763. The summed E-state index contributed by atoms with van der Waals surface area (Å²) in [4.78, 5) is 16.3. The molecule has 0 aliphatic carbocycles. The van der Waals surface area contributed by atoms with E-state index in [-0.39, 0.29) is 12.0 Å². The van der Waals surface area contributed by atoms with Crippen LogP contribution in [0.15, 0.2) is 46.3 Å². The summed E-state index contributed by atoms with van der Waals surface area (Å²) in [6.07, 6.45) is 5.93. The van der Waals surface area contributed by atoms with Gasteiger partial charge in [0.15, 0.2) is 5.16 Å². The summed E-state index contributed by atoms with van der Waals surface area (Å²) >= 11 is 4.86. The summed E-state index contributed by atoms with van der Waals surface area (Å²) in [6, 6.07) is 7.98. The van der Waals surface area contributed by atoms with Crippen LogP contribution in [0.1, 0.15) is 12.8 Å². The zero-order chi connectivity index (χ0) is 16.1. The molecule has 0 spiro atoms. The minimum absolute atomic E-state index is 0.0101. The van der Waals surface area contributed by atoms with Crippen LogP contribution >= 0.6 is 27.7 Å². The molecular formula is C16H18BrN3O2S. The van der Waals surface area contributed by atoms with Gasteiger partial charge in [-0.05, 0) is 37.1 Å². The first-order valence-electron chi connectivity index (χ1n) is 7.53. The van der Waals surface area contributed by atoms with E-state index in [1.54, 1.807) is 6.20 Å². The number of thioether (sulfide) groups is 1. The van der Waals surface area contributed by atoms with Crippen LogP contribution in [0, 0.1) is 0 Å². The number of rotatable bonds is 6. The normalized spacial score (nSPS) is 17.3. The van der Waals surface area contributed by atoms with Gasteiger partial charge in [-0.2, -0.15) is 0 Å². The number of amides is 1. The molecular weight excluding hydrogens is 378 g/mol. The molecule has 23 heavy (non-hydrogen) atoms. The van der Waals surface area contributed by atoms with Crippen LogP contribution in [-0.4, -0.2) is 40.5 Å². The van der Waals surface area contributed by atoms with Crippen molar-refractivity contribution in [3.63, 3.8) is 0 Å². The van der Waals surface area contributed by atoms with Gasteiger partial charge in [-0.25, -0.2) is 4.98 Å². The summed E-state index contributed by atoms with van der Waals surface area (Å²) in [7, 11) is 0. The van der Waals surface area contributed by atoms with Crippen LogP contribution < -0.4 is 5.32 Å². The zero-order valence-corrected chi connectivity index (χ0v) is 15.0. The molecule has 0 bridgehead atoms. The third-order valence-corrected chi connectivity index (χ3v) is 5.09. The fraction of sp³-hybridized carbons (Fsp3) is 0.375. The number of halogens is 1. The molecule has 1 N–H and O–H groups in total. The number of hydrogen-bond acceptors (Lipinski definition) is 4. The predicted molar refractivity (Wildman–Crippen MR) is 94.0 cm³/mol. The molecule has 1 fully saturated rings. The molecule has 0 radical (unpaired) electrons. The summed E-state index contributed by atoms with van der Waals surface area (Å²) in [6.45, 7) is 1.40. The number of aromatic nitrogens is 2. The van der Waals surface area contributed by atoms with Gasteiger partial charge in [-0.1, -0.05) is 27.7 Å². The molecule has 1 atom stereocenters. The number of carbonyl (C=O) groups excluding carboxylic acids is 1. The van der Waals surface area contributed by atoms with Gasteiger partial charge in [-0.3, -0.25) is 9.36 Å². The maximum atomic E-state index is 12.0. The lowest BCUT2D eigenvalue weighted by molar-refractivity contribution is -0.119. The second kappa shape index (κ2) is 7.99. The van der Waals surface area contributed by atoms with Gasteiger partial charge in [0.05, 0.1) is 11.9 Å². The largest absolute Gasteiger partial charge is 0.376 e. The summed E-state index contributed by atoms with van der Waals surface area (Å²) in [5, 5.41) is 3.73. The van der Waals surface area contributed by atoms with Crippen LogP contribution in [0.4, 0.5) is 0 Å². The first kappa shape index (κ1) is 16.5. The Morgan fingerprint density at radius 3 is 3.00 bits per heavy atom. The summed E-state index contributed by atoms with van der Waals surface area (Å²) in [5.41, 5.74) is 1.02. The maximum absolute atomic E-state index is 12.0. The third-order valence-electron chi connectivity index (χ3n) is 3.59. The van der Waals surface area contributed by atoms with Gasteiger partial charge < -0.3 is 10.1 Å². The Hall–Kier alpha value is -1.31. The Morgan fingerprint density at radius 2 is 2.26 bits per heavy atom. The first-order chi connectivity index (χ1) is 11.2. The number of imidazole rings is 1. The highest BCUT2D eigenvalue weighted by Gasteiger charge is 2.16. The molecule has 1 saturated heterocycles. The Kier molecular flexibility index (Phi) is 5.75.